The molecule has 0 aliphatic carbocycles. The van der Waals surface area contributed by atoms with E-state index in [2.05, 4.69) is 5.32 Å². The van der Waals surface area contributed by atoms with Crippen LogP contribution in [-0.2, 0) is 19.2 Å². The van der Waals surface area contributed by atoms with Crippen molar-refractivity contribution in [2.24, 2.45) is 0 Å². The molecule has 0 saturated carbocycles. The maximum atomic E-state index is 12.8. The van der Waals surface area contributed by atoms with Gasteiger partial charge in [-0.2, -0.15) is 0 Å². The zero-order valence-corrected chi connectivity index (χ0v) is 16.7. The number of thioether (sulfide) groups is 1. The SMILES string of the molecule is COc1ccc(N2C(=O)CC(Sc3ccc(NC(=O)C=CC(=O)O)cc3)C2=O)cc1. The van der Waals surface area contributed by atoms with Crippen molar-refractivity contribution in [1.29, 1.82) is 0 Å². The molecule has 1 saturated heterocycles. The second-order valence-corrected chi connectivity index (χ2v) is 7.54. The summed E-state index contributed by atoms with van der Waals surface area (Å²) in [5, 5.41) is 10.5. The van der Waals surface area contributed by atoms with E-state index in [0.717, 1.165) is 17.0 Å². The van der Waals surface area contributed by atoms with Crippen LogP contribution in [-0.4, -0.2) is 41.2 Å². The van der Waals surface area contributed by atoms with Crippen molar-refractivity contribution in [3.63, 3.8) is 0 Å². The Kier molecular flexibility index (Phi) is 6.53. The molecule has 2 aromatic rings. The van der Waals surface area contributed by atoms with E-state index < -0.39 is 17.1 Å². The first-order valence-electron chi connectivity index (χ1n) is 8.87. The van der Waals surface area contributed by atoms with Gasteiger partial charge in [0.05, 0.1) is 18.0 Å². The van der Waals surface area contributed by atoms with E-state index in [0.29, 0.717) is 17.1 Å². The molecule has 1 aliphatic heterocycles. The summed E-state index contributed by atoms with van der Waals surface area (Å²) in [6, 6.07) is 13.4. The molecule has 8 nitrogen and oxygen atoms in total. The summed E-state index contributed by atoms with van der Waals surface area (Å²) in [5.41, 5.74) is 0.981. The van der Waals surface area contributed by atoms with Gasteiger partial charge in [-0.3, -0.25) is 14.4 Å². The molecule has 3 amide bonds. The number of amides is 3. The van der Waals surface area contributed by atoms with Crippen molar-refractivity contribution in [2.75, 3.05) is 17.3 Å². The Balaban J connectivity index is 1.63. The third-order valence-electron chi connectivity index (χ3n) is 4.21. The number of hydrogen-bond donors (Lipinski definition) is 2. The average molecular weight is 426 g/mol. The van der Waals surface area contributed by atoms with Crippen LogP contribution >= 0.6 is 11.8 Å². The molecule has 1 heterocycles. The van der Waals surface area contributed by atoms with Crippen LogP contribution in [0.4, 0.5) is 11.4 Å². The van der Waals surface area contributed by atoms with E-state index in [1.54, 1.807) is 48.5 Å². The van der Waals surface area contributed by atoms with Gasteiger partial charge < -0.3 is 15.2 Å². The fraction of sp³-hybridized carbons (Fsp3) is 0.143. The summed E-state index contributed by atoms with van der Waals surface area (Å²) in [5.74, 6) is -1.70. The largest absolute Gasteiger partial charge is 0.497 e. The van der Waals surface area contributed by atoms with E-state index in [4.69, 9.17) is 9.84 Å². The first-order chi connectivity index (χ1) is 14.4. The molecule has 2 N–H and O–H groups in total. The van der Waals surface area contributed by atoms with Crippen LogP contribution in [0.2, 0.25) is 0 Å². The molecule has 0 aromatic heterocycles. The van der Waals surface area contributed by atoms with Gasteiger partial charge >= 0.3 is 5.97 Å². The smallest absolute Gasteiger partial charge is 0.328 e. The van der Waals surface area contributed by atoms with Crippen LogP contribution < -0.4 is 15.0 Å². The molecular weight excluding hydrogens is 408 g/mol. The van der Waals surface area contributed by atoms with Crippen LogP contribution in [0.5, 0.6) is 5.75 Å². The van der Waals surface area contributed by atoms with E-state index in [-0.39, 0.29) is 18.2 Å². The maximum Gasteiger partial charge on any atom is 0.328 e. The molecule has 1 fully saturated rings. The Labute approximate surface area is 176 Å². The number of carbonyl (C=O) groups excluding carboxylic acids is 3. The molecule has 0 bridgehead atoms. The predicted octanol–water partition coefficient (Wildman–Crippen LogP) is 2.70. The number of nitrogens with zero attached hydrogens (tertiary/aromatic N) is 1. The van der Waals surface area contributed by atoms with Crippen molar-refractivity contribution in [3.8, 4) is 5.75 Å². The highest BCUT2D eigenvalue weighted by molar-refractivity contribution is 8.00. The summed E-state index contributed by atoms with van der Waals surface area (Å²) in [6.45, 7) is 0. The Morgan fingerprint density at radius 3 is 2.37 bits per heavy atom. The number of nitrogens with one attached hydrogen (secondary N) is 1. The van der Waals surface area contributed by atoms with Crippen molar-refractivity contribution >= 4 is 46.8 Å². The Morgan fingerprint density at radius 1 is 1.10 bits per heavy atom. The lowest BCUT2D eigenvalue weighted by atomic mass is 10.3. The predicted molar refractivity (Wildman–Crippen MR) is 112 cm³/mol. The van der Waals surface area contributed by atoms with Gasteiger partial charge in [0.15, 0.2) is 0 Å². The first kappa shape index (κ1) is 21.1. The lowest BCUT2D eigenvalue weighted by Crippen LogP contribution is -2.31. The molecule has 30 heavy (non-hydrogen) atoms. The number of carboxylic acids is 1. The number of aliphatic carboxylic acids is 1. The van der Waals surface area contributed by atoms with Gasteiger partial charge in [-0.1, -0.05) is 0 Å². The Hall–Kier alpha value is -3.59. The number of benzene rings is 2. The third kappa shape index (κ3) is 5.06. The van der Waals surface area contributed by atoms with Gasteiger partial charge in [-0.05, 0) is 48.5 Å². The van der Waals surface area contributed by atoms with Gasteiger partial charge in [0.1, 0.15) is 5.75 Å². The standard InChI is InChI=1S/C21H18N2O6S/c1-29-15-6-4-14(5-7-15)23-19(25)12-17(21(23)28)30-16-8-2-13(3-9-16)22-18(24)10-11-20(26)27/h2-11,17H,12H2,1H3,(H,22,24)(H,26,27). The molecule has 0 spiro atoms. The number of carbonyl (C=O) groups is 4. The van der Waals surface area contributed by atoms with Crippen LogP contribution in [0.25, 0.3) is 0 Å². The summed E-state index contributed by atoms with van der Waals surface area (Å²) in [6.07, 6.45) is 1.76. The van der Waals surface area contributed by atoms with Crippen molar-refractivity contribution in [1.82, 2.24) is 0 Å². The molecule has 1 atom stereocenters. The Morgan fingerprint density at radius 2 is 1.77 bits per heavy atom. The van der Waals surface area contributed by atoms with Gasteiger partial charge in [-0.25, -0.2) is 9.69 Å². The lowest BCUT2D eigenvalue weighted by Gasteiger charge is -2.15. The van der Waals surface area contributed by atoms with Crippen LogP contribution in [0.3, 0.4) is 0 Å². The number of rotatable bonds is 7. The number of hydrogen-bond acceptors (Lipinski definition) is 6. The molecule has 9 heteroatoms. The van der Waals surface area contributed by atoms with Crippen molar-refractivity contribution < 1.29 is 29.0 Å². The Bertz CT molecular complexity index is 1000. The third-order valence-corrected chi connectivity index (χ3v) is 5.41. The molecule has 2 aromatic carbocycles. The van der Waals surface area contributed by atoms with Gasteiger partial charge in [0, 0.05) is 29.2 Å². The summed E-state index contributed by atoms with van der Waals surface area (Å²) in [4.78, 5) is 49.1. The minimum absolute atomic E-state index is 0.0913. The van der Waals surface area contributed by atoms with E-state index in [1.165, 1.54) is 23.8 Å². The van der Waals surface area contributed by atoms with E-state index >= 15 is 0 Å². The number of carboxylic acid groups (broad SMARTS) is 1. The molecule has 154 valence electrons. The number of imide groups is 1. The van der Waals surface area contributed by atoms with Gasteiger partial charge in [0.2, 0.25) is 17.7 Å². The molecule has 1 unspecified atom stereocenters. The molecule has 0 radical (unpaired) electrons. The monoisotopic (exact) mass is 426 g/mol. The summed E-state index contributed by atoms with van der Waals surface area (Å²) >= 11 is 1.27. The highest BCUT2D eigenvalue weighted by Gasteiger charge is 2.40. The number of anilines is 2. The minimum atomic E-state index is -1.21. The zero-order valence-electron chi connectivity index (χ0n) is 15.9. The van der Waals surface area contributed by atoms with E-state index in [1.807, 2.05) is 0 Å². The topological polar surface area (TPSA) is 113 Å². The van der Waals surface area contributed by atoms with Crippen LogP contribution in [0.1, 0.15) is 6.42 Å². The normalized spacial score (nSPS) is 16.2. The average Bonchev–Trinajstić information content (AvgIpc) is 3.01. The van der Waals surface area contributed by atoms with Gasteiger partial charge in [-0.15, -0.1) is 11.8 Å². The summed E-state index contributed by atoms with van der Waals surface area (Å²) < 4.78 is 5.09. The second-order valence-electron chi connectivity index (χ2n) is 6.26. The van der Waals surface area contributed by atoms with E-state index in [9.17, 15) is 19.2 Å². The van der Waals surface area contributed by atoms with Crippen LogP contribution in [0, 0.1) is 0 Å². The molecule has 3 rings (SSSR count). The van der Waals surface area contributed by atoms with Crippen molar-refractivity contribution in [3.05, 3.63) is 60.7 Å². The highest BCUT2D eigenvalue weighted by Crippen LogP contribution is 2.34. The van der Waals surface area contributed by atoms with Crippen molar-refractivity contribution in [2.45, 2.75) is 16.6 Å². The van der Waals surface area contributed by atoms with Gasteiger partial charge in [0.25, 0.3) is 0 Å². The zero-order chi connectivity index (χ0) is 21.7. The fourth-order valence-electron chi connectivity index (χ4n) is 2.81. The lowest BCUT2D eigenvalue weighted by molar-refractivity contribution is -0.131. The fourth-order valence-corrected chi connectivity index (χ4v) is 3.86. The minimum Gasteiger partial charge on any atom is -0.497 e. The maximum absolute atomic E-state index is 12.8. The number of ether oxygens (including phenoxy) is 1. The summed E-state index contributed by atoms with van der Waals surface area (Å²) in [7, 11) is 1.54. The quantitative estimate of drug-likeness (QED) is 0.517. The number of methoxy groups -OCH3 is 1. The van der Waals surface area contributed by atoms with Crippen LogP contribution in [0.15, 0.2) is 65.6 Å². The molecule has 1 aliphatic rings. The molecular formula is C21H18N2O6S. The highest BCUT2D eigenvalue weighted by atomic mass is 32.2. The second kappa shape index (κ2) is 9.27. The first-order valence-corrected chi connectivity index (χ1v) is 9.75.